The zero-order chi connectivity index (χ0) is 28.3. The van der Waals surface area contributed by atoms with Crippen LogP contribution in [0.3, 0.4) is 0 Å². The van der Waals surface area contributed by atoms with Crippen LogP contribution in [0.2, 0.25) is 0 Å². The van der Waals surface area contributed by atoms with Crippen LogP contribution in [0.4, 0.5) is 9.59 Å². The molecule has 0 radical (unpaired) electrons. The Morgan fingerprint density at radius 1 is 0.615 bits per heavy atom. The molecule has 0 bridgehead atoms. The molecular formula is C28H38N4O7. The summed E-state index contributed by atoms with van der Waals surface area (Å²) >= 11 is 0. The Kier molecular flexibility index (Phi) is 14.7. The van der Waals surface area contributed by atoms with Gasteiger partial charge in [-0.25, -0.2) is 19.2 Å². The first-order valence-electron chi connectivity index (χ1n) is 13.0. The van der Waals surface area contributed by atoms with Gasteiger partial charge in [-0.15, -0.1) is 0 Å². The lowest BCUT2D eigenvalue weighted by atomic mass is 10.1. The number of alkyl carbamates (subject to hydrolysis) is 2. The number of benzene rings is 2. The summed E-state index contributed by atoms with van der Waals surface area (Å²) in [5.74, 6) is -1.68. The van der Waals surface area contributed by atoms with E-state index in [4.69, 9.17) is 25.7 Å². The summed E-state index contributed by atoms with van der Waals surface area (Å²) in [4.78, 5) is 47.6. The highest BCUT2D eigenvalue weighted by molar-refractivity contribution is 5.90. The Hall–Kier alpha value is -3.96. The van der Waals surface area contributed by atoms with Crippen molar-refractivity contribution >= 4 is 24.1 Å². The minimum Gasteiger partial charge on any atom is -0.445 e. The van der Waals surface area contributed by atoms with Crippen molar-refractivity contribution in [3.63, 3.8) is 0 Å². The van der Waals surface area contributed by atoms with Crippen LogP contribution in [0.1, 0.15) is 49.7 Å². The van der Waals surface area contributed by atoms with Gasteiger partial charge in [-0.2, -0.15) is 0 Å². The molecular weight excluding hydrogens is 504 g/mol. The van der Waals surface area contributed by atoms with Gasteiger partial charge in [-0.3, -0.25) is 0 Å². The molecule has 0 unspecified atom stereocenters. The number of ether oxygens (including phenoxy) is 3. The normalized spacial score (nSPS) is 12.1. The highest BCUT2D eigenvalue weighted by Gasteiger charge is 2.22. The van der Waals surface area contributed by atoms with Crippen LogP contribution in [0.25, 0.3) is 0 Å². The Morgan fingerprint density at radius 3 is 1.38 bits per heavy atom. The van der Waals surface area contributed by atoms with Gasteiger partial charge >= 0.3 is 24.1 Å². The van der Waals surface area contributed by atoms with Crippen molar-refractivity contribution in [1.82, 2.24) is 10.6 Å². The molecule has 0 saturated carbocycles. The number of nitrogens with two attached hydrogens (primary N) is 2. The SMILES string of the molecule is N[C@@H](CCCCNC(=O)OCc1ccccc1)C(=O)OC(=O)[C@@H](N)CCCCNC(=O)OCc1ccccc1. The zero-order valence-electron chi connectivity index (χ0n) is 22.0. The summed E-state index contributed by atoms with van der Waals surface area (Å²) in [6.45, 7) is 1.08. The van der Waals surface area contributed by atoms with E-state index in [1.807, 2.05) is 60.7 Å². The molecule has 0 saturated heterocycles. The van der Waals surface area contributed by atoms with Crippen molar-refractivity contribution in [3.8, 4) is 0 Å². The fourth-order valence-corrected chi connectivity index (χ4v) is 3.39. The third-order valence-corrected chi connectivity index (χ3v) is 5.65. The molecule has 0 aliphatic heterocycles. The molecule has 2 aromatic carbocycles. The van der Waals surface area contributed by atoms with E-state index in [0.29, 0.717) is 38.8 Å². The number of hydrogen-bond donors (Lipinski definition) is 4. The summed E-state index contributed by atoms with van der Waals surface area (Å²) < 4.78 is 15.0. The highest BCUT2D eigenvalue weighted by atomic mass is 16.6. The Labute approximate surface area is 228 Å². The second kappa shape index (κ2) is 18.3. The maximum Gasteiger partial charge on any atom is 0.407 e. The first kappa shape index (κ1) is 31.3. The smallest absolute Gasteiger partial charge is 0.407 e. The third-order valence-electron chi connectivity index (χ3n) is 5.65. The maximum absolute atomic E-state index is 12.1. The largest absolute Gasteiger partial charge is 0.445 e. The molecule has 0 heterocycles. The molecule has 2 amide bonds. The lowest BCUT2D eigenvalue weighted by Gasteiger charge is -2.14. The lowest BCUT2D eigenvalue weighted by molar-refractivity contribution is -0.161. The monoisotopic (exact) mass is 542 g/mol. The van der Waals surface area contributed by atoms with Gasteiger partial charge in [-0.05, 0) is 49.7 Å². The van der Waals surface area contributed by atoms with Gasteiger partial charge in [-0.1, -0.05) is 60.7 Å². The average Bonchev–Trinajstić information content (AvgIpc) is 2.95. The van der Waals surface area contributed by atoms with Crippen LogP contribution in [-0.2, 0) is 37.0 Å². The van der Waals surface area contributed by atoms with Gasteiger partial charge in [0.25, 0.3) is 0 Å². The summed E-state index contributed by atoms with van der Waals surface area (Å²) in [5, 5.41) is 5.26. The molecule has 0 spiro atoms. The molecule has 0 aliphatic rings. The topological polar surface area (TPSA) is 172 Å². The van der Waals surface area contributed by atoms with Gasteiger partial charge in [0, 0.05) is 13.1 Å². The third kappa shape index (κ3) is 14.0. The molecule has 39 heavy (non-hydrogen) atoms. The van der Waals surface area contributed by atoms with Crippen LogP contribution in [0.5, 0.6) is 0 Å². The van der Waals surface area contributed by atoms with Crippen molar-refractivity contribution in [2.75, 3.05) is 13.1 Å². The van der Waals surface area contributed by atoms with Crippen LogP contribution >= 0.6 is 0 Å². The molecule has 212 valence electrons. The van der Waals surface area contributed by atoms with Crippen LogP contribution < -0.4 is 22.1 Å². The van der Waals surface area contributed by atoms with Crippen LogP contribution in [-0.4, -0.2) is 49.3 Å². The molecule has 0 fully saturated rings. The number of carbonyl (C=O) groups excluding carboxylic acids is 4. The van der Waals surface area contributed by atoms with Gasteiger partial charge in [0.05, 0.1) is 0 Å². The van der Waals surface area contributed by atoms with Crippen molar-refractivity contribution < 1.29 is 33.4 Å². The van der Waals surface area contributed by atoms with E-state index in [0.717, 1.165) is 11.1 Å². The minimum atomic E-state index is -0.975. The van der Waals surface area contributed by atoms with Crippen molar-refractivity contribution in [1.29, 1.82) is 0 Å². The van der Waals surface area contributed by atoms with Crippen LogP contribution in [0.15, 0.2) is 60.7 Å². The van der Waals surface area contributed by atoms with E-state index in [-0.39, 0.29) is 26.1 Å². The second-order valence-electron chi connectivity index (χ2n) is 8.92. The van der Waals surface area contributed by atoms with Gasteiger partial charge < -0.3 is 36.3 Å². The molecule has 2 aromatic rings. The quantitative estimate of drug-likeness (QED) is 0.108. The highest BCUT2D eigenvalue weighted by Crippen LogP contribution is 2.06. The molecule has 6 N–H and O–H groups in total. The first-order chi connectivity index (χ1) is 18.8. The predicted octanol–water partition coefficient (Wildman–Crippen LogP) is 2.90. The number of rotatable bonds is 16. The standard InChI is InChI=1S/C28H38N4O7/c29-23(15-7-9-17-31-27(35)37-19-21-11-3-1-4-12-21)25(33)39-26(34)24(30)16-8-10-18-32-28(36)38-20-22-13-5-2-6-14-22/h1-6,11-14,23-24H,7-10,15-20,29-30H2,(H,31,35)(H,32,36)/t23-,24-/m0/s1. The average molecular weight is 543 g/mol. The first-order valence-corrected chi connectivity index (χ1v) is 13.0. The van der Waals surface area contributed by atoms with E-state index < -0.39 is 36.2 Å². The van der Waals surface area contributed by atoms with Gasteiger partial charge in [0.2, 0.25) is 0 Å². The fraction of sp³-hybridized carbons (Fsp3) is 0.429. The Bertz CT molecular complexity index is 940. The van der Waals surface area contributed by atoms with Crippen molar-refractivity contribution in [2.24, 2.45) is 11.5 Å². The van der Waals surface area contributed by atoms with E-state index >= 15 is 0 Å². The lowest BCUT2D eigenvalue weighted by Crippen LogP contribution is -2.39. The summed E-state index contributed by atoms with van der Waals surface area (Å²) in [7, 11) is 0. The fourth-order valence-electron chi connectivity index (χ4n) is 3.39. The van der Waals surface area contributed by atoms with Gasteiger partial charge in [0.1, 0.15) is 25.3 Å². The Morgan fingerprint density at radius 2 is 1.00 bits per heavy atom. The molecule has 2 rings (SSSR count). The Balaban J connectivity index is 1.47. The van der Waals surface area contributed by atoms with Crippen molar-refractivity contribution in [2.45, 2.75) is 63.8 Å². The van der Waals surface area contributed by atoms with Gasteiger partial charge in [0.15, 0.2) is 0 Å². The molecule has 11 heteroatoms. The molecule has 0 aromatic heterocycles. The second-order valence-corrected chi connectivity index (χ2v) is 8.92. The number of amides is 2. The number of nitrogens with one attached hydrogen (secondary N) is 2. The number of unbranched alkanes of at least 4 members (excludes halogenated alkanes) is 2. The summed E-state index contributed by atoms with van der Waals surface area (Å²) in [6, 6.07) is 16.7. The zero-order valence-corrected chi connectivity index (χ0v) is 22.0. The predicted molar refractivity (Wildman–Crippen MR) is 144 cm³/mol. The molecule has 0 aliphatic carbocycles. The summed E-state index contributed by atoms with van der Waals surface area (Å²) in [6.07, 6.45) is 1.74. The maximum atomic E-state index is 12.1. The van der Waals surface area contributed by atoms with E-state index in [9.17, 15) is 19.2 Å². The van der Waals surface area contributed by atoms with E-state index in [1.165, 1.54) is 0 Å². The molecule has 2 atom stereocenters. The minimum absolute atomic E-state index is 0.181. The number of esters is 2. The molecule has 11 nitrogen and oxygen atoms in total. The van der Waals surface area contributed by atoms with Crippen LogP contribution in [0, 0.1) is 0 Å². The summed E-state index contributed by atoms with van der Waals surface area (Å²) in [5.41, 5.74) is 13.4. The van der Waals surface area contributed by atoms with E-state index in [1.54, 1.807) is 0 Å². The van der Waals surface area contributed by atoms with Crippen molar-refractivity contribution in [3.05, 3.63) is 71.8 Å². The number of hydrogen-bond acceptors (Lipinski definition) is 9. The van der Waals surface area contributed by atoms with E-state index in [2.05, 4.69) is 10.6 Å². The number of carbonyl (C=O) groups is 4.